The van der Waals surface area contributed by atoms with E-state index in [1.165, 1.54) is 51.4 Å². The molecule has 2 heterocycles. The molecular formula is C20H30O3. The highest BCUT2D eigenvalue weighted by Gasteiger charge is 2.48. The van der Waals surface area contributed by atoms with Crippen molar-refractivity contribution in [2.75, 3.05) is 0 Å². The molecule has 2 aliphatic heterocycles. The molecule has 23 heavy (non-hydrogen) atoms. The lowest BCUT2D eigenvalue weighted by atomic mass is 9.71. The van der Waals surface area contributed by atoms with E-state index >= 15 is 0 Å². The lowest BCUT2D eigenvalue weighted by Gasteiger charge is -2.32. The number of rotatable bonds is 7. The summed E-state index contributed by atoms with van der Waals surface area (Å²) < 4.78 is 6.22. The molecule has 128 valence electrons. The maximum absolute atomic E-state index is 10.5. The Morgan fingerprint density at radius 1 is 0.957 bits per heavy atom. The van der Waals surface area contributed by atoms with Gasteiger partial charge in [0.15, 0.2) is 0 Å². The van der Waals surface area contributed by atoms with Gasteiger partial charge in [-0.25, -0.2) is 0 Å². The van der Waals surface area contributed by atoms with Crippen molar-refractivity contribution in [1.29, 1.82) is 0 Å². The molecule has 2 bridgehead atoms. The smallest absolute Gasteiger partial charge is 0.307 e. The molecule has 0 aromatic rings. The highest BCUT2D eigenvalue weighted by Crippen LogP contribution is 2.48. The molecular weight excluding hydrogens is 288 g/mol. The minimum Gasteiger partial charge on any atom is -0.481 e. The maximum atomic E-state index is 10.5. The van der Waals surface area contributed by atoms with Crippen molar-refractivity contribution in [3.8, 4) is 0 Å². The quantitative estimate of drug-likeness (QED) is 0.690. The molecule has 3 nitrogen and oxygen atoms in total. The number of carbonyl (C=O) groups is 1. The molecule has 3 fully saturated rings. The number of aliphatic carboxylic acids is 1. The Labute approximate surface area is 139 Å². The number of hydrogen-bond acceptors (Lipinski definition) is 2. The van der Waals surface area contributed by atoms with Crippen molar-refractivity contribution in [3.05, 3.63) is 24.3 Å². The molecule has 0 radical (unpaired) electrons. The van der Waals surface area contributed by atoms with Gasteiger partial charge in [-0.1, -0.05) is 56.4 Å². The Bertz CT molecular complexity index is 448. The van der Waals surface area contributed by atoms with Crippen LogP contribution in [-0.4, -0.2) is 23.3 Å². The second-order valence-electron chi connectivity index (χ2n) is 7.55. The van der Waals surface area contributed by atoms with Crippen LogP contribution in [0.25, 0.3) is 0 Å². The fraction of sp³-hybridized carbons (Fsp3) is 0.750. The average Bonchev–Trinajstić information content (AvgIpc) is 3.14. The number of ether oxygens (including phenoxy) is 1. The number of fused-ring (bicyclic) bond motifs is 2. The van der Waals surface area contributed by atoms with Gasteiger partial charge in [-0.3, -0.25) is 4.79 Å². The molecule has 0 amide bonds. The van der Waals surface area contributed by atoms with Crippen LogP contribution >= 0.6 is 0 Å². The van der Waals surface area contributed by atoms with Gasteiger partial charge in [-0.2, -0.15) is 0 Å². The topological polar surface area (TPSA) is 46.5 Å². The number of carboxylic acid groups (broad SMARTS) is 1. The van der Waals surface area contributed by atoms with Crippen LogP contribution in [0.1, 0.15) is 64.2 Å². The second-order valence-corrected chi connectivity index (χ2v) is 7.55. The highest BCUT2D eigenvalue weighted by molar-refractivity contribution is 5.68. The zero-order valence-electron chi connectivity index (χ0n) is 14.0. The molecule has 0 spiro atoms. The Kier molecular flexibility index (Phi) is 5.93. The summed E-state index contributed by atoms with van der Waals surface area (Å²) in [6.07, 6.45) is 20.9. The average molecular weight is 318 g/mol. The summed E-state index contributed by atoms with van der Waals surface area (Å²) in [5.41, 5.74) is 0. The van der Waals surface area contributed by atoms with E-state index < -0.39 is 5.97 Å². The molecule has 1 saturated carbocycles. The van der Waals surface area contributed by atoms with E-state index in [4.69, 9.17) is 9.84 Å². The Hall–Kier alpha value is -1.09. The first kappa shape index (κ1) is 16.8. The van der Waals surface area contributed by atoms with Crippen LogP contribution in [-0.2, 0) is 9.53 Å². The summed E-state index contributed by atoms with van der Waals surface area (Å²) in [7, 11) is 0. The molecule has 1 aliphatic carbocycles. The van der Waals surface area contributed by atoms with Crippen molar-refractivity contribution in [3.63, 3.8) is 0 Å². The van der Waals surface area contributed by atoms with E-state index in [1.54, 1.807) is 6.08 Å². The van der Waals surface area contributed by atoms with Crippen LogP contribution in [0.15, 0.2) is 24.3 Å². The van der Waals surface area contributed by atoms with Gasteiger partial charge in [0, 0.05) is 0 Å². The van der Waals surface area contributed by atoms with Gasteiger partial charge in [0.1, 0.15) is 0 Å². The molecule has 2 saturated heterocycles. The number of hydrogen-bond donors (Lipinski definition) is 1. The SMILES string of the molecule is O=C(O)CC=CC=CC[C@H]1[C@@H](CC2CCCCC2)[C@H]2CC[C@@H]1O2. The van der Waals surface area contributed by atoms with Crippen molar-refractivity contribution >= 4 is 5.97 Å². The monoisotopic (exact) mass is 318 g/mol. The van der Waals surface area contributed by atoms with Gasteiger partial charge in [-0.15, -0.1) is 0 Å². The summed E-state index contributed by atoms with van der Waals surface area (Å²) in [4.78, 5) is 10.5. The minimum absolute atomic E-state index is 0.103. The van der Waals surface area contributed by atoms with Crippen LogP contribution in [0, 0.1) is 17.8 Å². The summed E-state index contributed by atoms with van der Waals surface area (Å²) in [5, 5.41) is 8.61. The van der Waals surface area contributed by atoms with E-state index in [2.05, 4.69) is 6.08 Å². The molecule has 3 rings (SSSR count). The Balaban J connectivity index is 1.50. The van der Waals surface area contributed by atoms with E-state index in [0.29, 0.717) is 18.1 Å². The summed E-state index contributed by atoms with van der Waals surface area (Å²) in [6, 6.07) is 0. The highest BCUT2D eigenvalue weighted by atomic mass is 16.5. The second kappa shape index (κ2) is 8.14. The Morgan fingerprint density at radius 3 is 2.39 bits per heavy atom. The number of carboxylic acids is 1. The first-order valence-electron chi connectivity index (χ1n) is 9.43. The zero-order valence-corrected chi connectivity index (χ0v) is 14.0. The maximum Gasteiger partial charge on any atom is 0.307 e. The van der Waals surface area contributed by atoms with Crippen molar-refractivity contribution in [2.24, 2.45) is 17.8 Å². The first-order valence-corrected chi connectivity index (χ1v) is 9.43. The summed E-state index contributed by atoms with van der Waals surface area (Å²) in [6.45, 7) is 0. The van der Waals surface area contributed by atoms with Crippen molar-refractivity contribution in [2.45, 2.75) is 76.4 Å². The zero-order chi connectivity index (χ0) is 16.1. The third kappa shape index (κ3) is 4.47. The number of allylic oxidation sites excluding steroid dienone is 3. The third-order valence-corrected chi connectivity index (χ3v) is 6.00. The lowest BCUT2D eigenvalue weighted by Crippen LogP contribution is -2.29. The van der Waals surface area contributed by atoms with Crippen LogP contribution in [0.5, 0.6) is 0 Å². The van der Waals surface area contributed by atoms with Gasteiger partial charge in [0.2, 0.25) is 0 Å². The van der Waals surface area contributed by atoms with Gasteiger partial charge in [0.05, 0.1) is 18.6 Å². The van der Waals surface area contributed by atoms with Crippen molar-refractivity contribution < 1.29 is 14.6 Å². The molecule has 4 atom stereocenters. The van der Waals surface area contributed by atoms with Crippen LogP contribution in [0.2, 0.25) is 0 Å². The van der Waals surface area contributed by atoms with Crippen molar-refractivity contribution in [1.82, 2.24) is 0 Å². The van der Waals surface area contributed by atoms with Crippen LogP contribution in [0.3, 0.4) is 0 Å². The predicted octanol–water partition coefficient (Wildman–Crippen LogP) is 4.73. The fourth-order valence-corrected chi connectivity index (χ4v) is 4.89. The van der Waals surface area contributed by atoms with Crippen LogP contribution < -0.4 is 0 Å². The molecule has 3 aliphatic rings. The van der Waals surface area contributed by atoms with Gasteiger partial charge in [-0.05, 0) is 43.4 Å². The molecule has 0 aromatic heterocycles. The van der Waals surface area contributed by atoms with E-state index in [0.717, 1.165) is 18.3 Å². The lowest BCUT2D eigenvalue weighted by molar-refractivity contribution is -0.136. The van der Waals surface area contributed by atoms with E-state index in [1.807, 2.05) is 12.2 Å². The van der Waals surface area contributed by atoms with Gasteiger partial charge < -0.3 is 9.84 Å². The third-order valence-electron chi connectivity index (χ3n) is 6.00. The molecule has 1 N–H and O–H groups in total. The summed E-state index contributed by atoms with van der Waals surface area (Å²) in [5.74, 6) is 1.59. The molecule has 0 unspecified atom stereocenters. The van der Waals surface area contributed by atoms with Crippen LogP contribution in [0.4, 0.5) is 0 Å². The van der Waals surface area contributed by atoms with Gasteiger partial charge in [0.25, 0.3) is 0 Å². The largest absolute Gasteiger partial charge is 0.481 e. The fourth-order valence-electron chi connectivity index (χ4n) is 4.89. The minimum atomic E-state index is -0.774. The standard InChI is InChI=1S/C20H30O3/c21-20(22)11-7-2-1-6-10-16-17(19-13-12-18(16)23-19)14-15-8-4-3-5-9-15/h1-2,6-7,15-19H,3-5,8-14H2,(H,21,22)/t16-,17+,18-,19+/m0/s1. The predicted molar refractivity (Wildman–Crippen MR) is 91.2 cm³/mol. The Morgan fingerprint density at radius 2 is 1.65 bits per heavy atom. The molecule has 0 aromatic carbocycles. The van der Waals surface area contributed by atoms with Gasteiger partial charge >= 0.3 is 5.97 Å². The molecule has 3 heteroatoms. The normalized spacial score (nSPS) is 34.8. The summed E-state index contributed by atoms with van der Waals surface area (Å²) >= 11 is 0. The first-order chi connectivity index (χ1) is 11.2. The van der Waals surface area contributed by atoms with E-state index in [-0.39, 0.29) is 6.42 Å². The van der Waals surface area contributed by atoms with E-state index in [9.17, 15) is 4.79 Å².